The largest absolute Gasteiger partial charge is 0.416 e. The lowest BCUT2D eigenvalue weighted by molar-refractivity contribution is -0.137. The number of nitrogens with one attached hydrogen (secondary N) is 1. The van der Waals surface area contributed by atoms with Crippen LogP contribution in [0.2, 0.25) is 0 Å². The fourth-order valence-electron chi connectivity index (χ4n) is 1.72. The molecule has 20 heavy (non-hydrogen) atoms. The Morgan fingerprint density at radius 2 is 2.00 bits per heavy atom. The van der Waals surface area contributed by atoms with Crippen LogP contribution in [0.1, 0.15) is 18.2 Å². The van der Waals surface area contributed by atoms with Crippen LogP contribution in [0.5, 0.6) is 0 Å². The van der Waals surface area contributed by atoms with Crippen LogP contribution in [0.4, 0.5) is 13.2 Å². The number of alkyl halides is 3. The average Bonchev–Trinajstić information content (AvgIpc) is 2.45. The topological polar surface area (TPSA) is 37.8 Å². The van der Waals surface area contributed by atoms with Crippen LogP contribution in [0.25, 0.3) is 11.4 Å². The van der Waals surface area contributed by atoms with Gasteiger partial charge in [0, 0.05) is 18.3 Å². The van der Waals surface area contributed by atoms with Crippen LogP contribution in [0, 0.1) is 0 Å². The highest BCUT2D eigenvalue weighted by Gasteiger charge is 2.30. The van der Waals surface area contributed by atoms with Gasteiger partial charge in [0.25, 0.3) is 0 Å². The van der Waals surface area contributed by atoms with Crippen molar-refractivity contribution in [2.24, 2.45) is 0 Å². The lowest BCUT2D eigenvalue weighted by Gasteiger charge is -2.08. The zero-order chi connectivity index (χ0) is 14.6. The summed E-state index contributed by atoms with van der Waals surface area (Å²) >= 11 is 0. The molecule has 3 nitrogen and oxygen atoms in total. The van der Waals surface area contributed by atoms with E-state index in [-0.39, 0.29) is 0 Å². The first kappa shape index (κ1) is 14.5. The molecule has 0 fully saturated rings. The average molecular weight is 281 g/mol. The highest BCUT2D eigenvalue weighted by atomic mass is 19.4. The summed E-state index contributed by atoms with van der Waals surface area (Å²) in [5, 5.41) is 3.11. The summed E-state index contributed by atoms with van der Waals surface area (Å²) < 4.78 is 38.0. The van der Waals surface area contributed by atoms with E-state index in [2.05, 4.69) is 15.3 Å². The molecule has 0 saturated heterocycles. The van der Waals surface area contributed by atoms with E-state index in [9.17, 15) is 13.2 Å². The van der Waals surface area contributed by atoms with Gasteiger partial charge in [-0.25, -0.2) is 9.97 Å². The highest BCUT2D eigenvalue weighted by molar-refractivity contribution is 5.56. The van der Waals surface area contributed by atoms with Gasteiger partial charge in [-0.05, 0) is 24.7 Å². The van der Waals surface area contributed by atoms with Gasteiger partial charge in [0.05, 0.1) is 11.3 Å². The number of nitrogens with zero attached hydrogens (tertiary/aromatic N) is 2. The summed E-state index contributed by atoms with van der Waals surface area (Å²) in [6.45, 7) is 3.32. The predicted molar refractivity (Wildman–Crippen MR) is 69.9 cm³/mol. The Morgan fingerprint density at radius 3 is 2.70 bits per heavy atom. The van der Waals surface area contributed by atoms with Crippen molar-refractivity contribution in [2.45, 2.75) is 19.6 Å². The molecule has 0 radical (unpaired) electrons. The van der Waals surface area contributed by atoms with E-state index in [1.165, 1.54) is 6.07 Å². The molecular formula is C14H14F3N3. The van der Waals surface area contributed by atoms with Gasteiger partial charge in [-0.15, -0.1) is 0 Å². The van der Waals surface area contributed by atoms with E-state index in [0.717, 1.165) is 24.4 Å². The summed E-state index contributed by atoms with van der Waals surface area (Å²) in [5.74, 6) is 0.298. The second kappa shape index (κ2) is 6.00. The zero-order valence-corrected chi connectivity index (χ0v) is 10.9. The van der Waals surface area contributed by atoms with Crippen molar-refractivity contribution in [3.63, 3.8) is 0 Å². The molecule has 2 rings (SSSR count). The fourth-order valence-corrected chi connectivity index (χ4v) is 1.72. The normalized spacial score (nSPS) is 11.6. The first-order chi connectivity index (χ1) is 9.50. The van der Waals surface area contributed by atoms with Gasteiger partial charge in [-0.2, -0.15) is 13.2 Å². The number of rotatable bonds is 4. The van der Waals surface area contributed by atoms with E-state index >= 15 is 0 Å². The Kier molecular flexibility index (Phi) is 4.34. The second-order valence-corrected chi connectivity index (χ2v) is 4.23. The molecule has 106 valence electrons. The van der Waals surface area contributed by atoms with Crippen molar-refractivity contribution in [1.29, 1.82) is 0 Å². The Bertz CT molecular complexity index is 582. The standard InChI is InChI=1S/C14H14F3N3/c1-2-18-9-12-6-7-19-13(20-12)10-4-3-5-11(8-10)14(15,16)17/h3-8,18H,2,9H2,1H3. The molecule has 0 amide bonds. The number of hydrogen-bond acceptors (Lipinski definition) is 3. The SMILES string of the molecule is CCNCc1ccnc(-c2cccc(C(F)(F)F)c2)n1. The van der Waals surface area contributed by atoms with Crippen LogP contribution in [-0.2, 0) is 12.7 Å². The van der Waals surface area contributed by atoms with Gasteiger partial charge in [-0.3, -0.25) is 0 Å². The van der Waals surface area contributed by atoms with Crippen molar-refractivity contribution in [3.8, 4) is 11.4 Å². The Balaban J connectivity index is 2.32. The highest BCUT2D eigenvalue weighted by Crippen LogP contribution is 2.31. The van der Waals surface area contributed by atoms with E-state index in [1.54, 1.807) is 18.3 Å². The first-order valence-corrected chi connectivity index (χ1v) is 6.21. The lowest BCUT2D eigenvalue weighted by Crippen LogP contribution is -2.13. The molecule has 2 aromatic rings. The van der Waals surface area contributed by atoms with Gasteiger partial charge < -0.3 is 5.32 Å². The summed E-state index contributed by atoms with van der Waals surface area (Å²) in [5.41, 5.74) is 0.406. The third-order valence-corrected chi connectivity index (χ3v) is 2.72. The van der Waals surface area contributed by atoms with Crippen molar-refractivity contribution in [3.05, 3.63) is 47.8 Å². The summed E-state index contributed by atoms with van der Waals surface area (Å²) in [4.78, 5) is 8.30. The second-order valence-electron chi connectivity index (χ2n) is 4.23. The molecule has 0 aliphatic carbocycles. The van der Waals surface area contributed by atoms with Crippen molar-refractivity contribution in [1.82, 2.24) is 15.3 Å². The monoisotopic (exact) mass is 281 g/mol. The number of hydrogen-bond donors (Lipinski definition) is 1. The predicted octanol–water partition coefficient (Wildman–Crippen LogP) is 3.27. The quantitative estimate of drug-likeness (QED) is 0.934. The molecule has 6 heteroatoms. The van der Waals surface area contributed by atoms with Crippen LogP contribution in [-0.4, -0.2) is 16.5 Å². The van der Waals surface area contributed by atoms with Gasteiger partial charge in [-0.1, -0.05) is 19.1 Å². The molecule has 0 saturated carbocycles. The first-order valence-electron chi connectivity index (χ1n) is 6.21. The minimum Gasteiger partial charge on any atom is -0.311 e. The Hall–Kier alpha value is -1.95. The van der Waals surface area contributed by atoms with E-state index < -0.39 is 11.7 Å². The molecule has 1 heterocycles. The number of halogens is 3. The molecule has 1 aromatic carbocycles. The summed E-state index contributed by atoms with van der Waals surface area (Å²) in [7, 11) is 0. The number of benzene rings is 1. The van der Waals surface area contributed by atoms with E-state index in [0.29, 0.717) is 17.9 Å². The van der Waals surface area contributed by atoms with Crippen LogP contribution in [0.3, 0.4) is 0 Å². The lowest BCUT2D eigenvalue weighted by atomic mass is 10.1. The third-order valence-electron chi connectivity index (χ3n) is 2.72. The molecule has 0 aliphatic rings. The molecule has 1 N–H and O–H groups in total. The molecule has 0 spiro atoms. The van der Waals surface area contributed by atoms with Crippen LogP contribution in [0.15, 0.2) is 36.5 Å². The molecule has 0 unspecified atom stereocenters. The Labute approximate surface area is 114 Å². The van der Waals surface area contributed by atoms with Crippen LogP contribution >= 0.6 is 0 Å². The molecular weight excluding hydrogens is 267 g/mol. The maximum absolute atomic E-state index is 12.7. The van der Waals surface area contributed by atoms with E-state index in [1.807, 2.05) is 6.92 Å². The van der Waals surface area contributed by atoms with Gasteiger partial charge in [0.2, 0.25) is 0 Å². The molecule has 1 aromatic heterocycles. The smallest absolute Gasteiger partial charge is 0.311 e. The van der Waals surface area contributed by atoms with Gasteiger partial charge in [0.1, 0.15) is 0 Å². The number of aromatic nitrogens is 2. The maximum atomic E-state index is 12.7. The fraction of sp³-hybridized carbons (Fsp3) is 0.286. The maximum Gasteiger partial charge on any atom is 0.416 e. The summed E-state index contributed by atoms with van der Waals surface area (Å²) in [6.07, 6.45) is -2.81. The van der Waals surface area contributed by atoms with Crippen LogP contribution < -0.4 is 5.32 Å². The minimum atomic E-state index is -4.36. The molecule has 0 atom stereocenters. The Morgan fingerprint density at radius 1 is 1.20 bits per heavy atom. The van der Waals surface area contributed by atoms with Crippen molar-refractivity contribution < 1.29 is 13.2 Å². The van der Waals surface area contributed by atoms with Gasteiger partial charge in [0.15, 0.2) is 5.82 Å². The summed E-state index contributed by atoms with van der Waals surface area (Å²) in [6, 6.07) is 6.76. The van der Waals surface area contributed by atoms with Crippen molar-refractivity contribution in [2.75, 3.05) is 6.54 Å². The minimum absolute atomic E-state index is 0.298. The van der Waals surface area contributed by atoms with Gasteiger partial charge >= 0.3 is 6.18 Å². The zero-order valence-electron chi connectivity index (χ0n) is 10.9. The molecule has 0 bridgehead atoms. The molecule has 0 aliphatic heterocycles. The van der Waals surface area contributed by atoms with Crippen molar-refractivity contribution >= 4 is 0 Å². The third kappa shape index (κ3) is 3.54. The van der Waals surface area contributed by atoms with E-state index in [4.69, 9.17) is 0 Å².